The lowest BCUT2D eigenvalue weighted by molar-refractivity contribution is 0.628. The fourth-order valence-corrected chi connectivity index (χ4v) is 2.38. The first-order valence-electron chi connectivity index (χ1n) is 4.94. The highest BCUT2D eigenvalue weighted by Crippen LogP contribution is 2.36. The molecule has 6 heteroatoms. The van der Waals surface area contributed by atoms with Gasteiger partial charge in [0.2, 0.25) is 0 Å². The summed E-state index contributed by atoms with van der Waals surface area (Å²) in [7, 11) is 0. The molecule has 0 aliphatic heterocycles. The molecule has 0 radical (unpaired) electrons. The van der Waals surface area contributed by atoms with Crippen LogP contribution in [0.5, 0.6) is 0 Å². The summed E-state index contributed by atoms with van der Waals surface area (Å²) in [5.41, 5.74) is 7.09. The Morgan fingerprint density at radius 2 is 1.72 bits per heavy atom. The van der Waals surface area contributed by atoms with Crippen LogP contribution in [0, 0.1) is 5.82 Å². The van der Waals surface area contributed by atoms with E-state index in [1.807, 2.05) is 0 Å². The van der Waals surface area contributed by atoms with E-state index in [9.17, 15) is 4.39 Å². The third-order valence-electron chi connectivity index (χ3n) is 2.25. The van der Waals surface area contributed by atoms with Crippen molar-refractivity contribution in [3.05, 3.63) is 50.7 Å². The zero-order valence-corrected chi connectivity index (χ0v) is 12.1. The van der Waals surface area contributed by atoms with Gasteiger partial charge in [-0.25, -0.2) is 4.39 Å². The number of rotatable bonds is 2. The van der Waals surface area contributed by atoms with Gasteiger partial charge in [0.15, 0.2) is 0 Å². The van der Waals surface area contributed by atoms with Gasteiger partial charge in [0.1, 0.15) is 5.82 Å². The fraction of sp³-hybridized carbons (Fsp3) is 0. The van der Waals surface area contributed by atoms with Crippen LogP contribution in [0.3, 0.4) is 0 Å². The first-order valence-corrected chi connectivity index (χ1v) is 6.49. The summed E-state index contributed by atoms with van der Waals surface area (Å²) in [6.45, 7) is 0. The first-order chi connectivity index (χ1) is 8.47. The maximum absolute atomic E-state index is 13.2. The quantitative estimate of drug-likeness (QED) is 0.729. The van der Waals surface area contributed by atoms with Crippen molar-refractivity contribution in [3.63, 3.8) is 0 Å². The Morgan fingerprint density at radius 3 is 2.33 bits per heavy atom. The molecule has 2 aromatic rings. The van der Waals surface area contributed by atoms with Crippen molar-refractivity contribution < 1.29 is 4.39 Å². The van der Waals surface area contributed by atoms with Crippen molar-refractivity contribution in [1.82, 2.24) is 0 Å². The smallest absolute Gasteiger partial charge is 0.125 e. The Hall–Kier alpha value is -0.970. The van der Waals surface area contributed by atoms with E-state index in [1.165, 1.54) is 12.1 Å². The highest BCUT2D eigenvalue weighted by atomic mass is 79.9. The second kappa shape index (κ2) is 5.34. The molecular formula is C12H8BrCl2FN2. The Bertz CT molecular complexity index is 582. The average molecular weight is 350 g/mol. The number of hydrogen-bond acceptors (Lipinski definition) is 2. The van der Waals surface area contributed by atoms with Crippen molar-refractivity contribution in [2.24, 2.45) is 0 Å². The Balaban J connectivity index is 2.43. The van der Waals surface area contributed by atoms with E-state index >= 15 is 0 Å². The van der Waals surface area contributed by atoms with E-state index in [0.29, 0.717) is 31.6 Å². The van der Waals surface area contributed by atoms with Crippen LogP contribution in [0.2, 0.25) is 10.0 Å². The van der Waals surface area contributed by atoms with Crippen LogP contribution in [0.25, 0.3) is 0 Å². The van der Waals surface area contributed by atoms with Crippen molar-refractivity contribution in [1.29, 1.82) is 0 Å². The van der Waals surface area contributed by atoms with Crippen LogP contribution in [0.1, 0.15) is 0 Å². The minimum Gasteiger partial charge on any atom is -0.399 e. The van der Waals surface area contributed by atoms with Crippen LogP contribution in [-0.2, 0) is 0 Å². The molecule has 0 atom stereocenters. The number of nitrogen functional groups attached to an aromatic ring is 1. The van der Waals surface area contributed by atoms with Crippen LogP contribution in [-0.4, -0.2) is 0 Å². The molecule has 94 valence electrons. The van der Waals surface area contributed by atoms with Crippen LogP contribution < -0.4 is 11.1 Å². The standard InChI is InChI=1S/C12H8BrCl2FN2/c13-8-2-1-6(16)3-11(8)18-12-9(14)4-7(17)5-10(12)15/h1-5,18H,17H2. The molecule has 18 heavy (non-hydrogen) atoms. The number of anilines is 3. The molecule has 0 spiro atoms. The van der Waals surface area contributed by atoms with Gasteiger partial charge in [0, 0.05) is 10.2 Å². The number of nitrogens with one attached hydrogen (secondary N) is 1. The zero-order chi connectivity index (χ0) is 13.3. The molecule has 0 aliphatic carbocycles. The molecule has 2 rings (SSSR count). The average Bonchev–Trinajstić information content (AvgIpc) is 2.28. The monoisotopic (exact) mass is 348 g/mol. The molecule has 0 saturated heterocycles. The summed E-state index contributed by atoms with van der Waals surface area (Å²) in [5, 5.41) is 3.71. The van der Waals surface area contributed by atoms with Gasteiger partial charge in [0.25, 0.3) is 0 Å². The molecule has 3 N–H and O–H groups in total. The second-order valence-corrected chi connectivity index (χ2v) is 5.28. The third kappa shape index (κ3) is 2.88. The largest absolute Gasteiger partial charge is 0.399 e. The molecule has 0 saturated carbocycles. The summed E-state index contributed by atoms with van der Waals surface area (Å²) >= 11 is 15.4. The van der Waals surface area contributed by atoms with E-state index < -0.39 is 0 Å². The number of benzene rings is 2. The highest BCUT2D eigenvalue weighted by Gasteiger charge is 2.10. The molecule has 2 nitrogen and oxygen atoms in total. The van der Waals surface area contributed by atoms with Crippen molar-refractivity contribution in [2.45, 2.75) is 0 Å². The van der Waals surface area contributed by atoms with Gasteiger partial charge in [-0.15, -0.1) is 0 Å². The van der Waals surface area contributed by atoms with E-state index in [4.69, 9.17) is 28.9 Å². The first kappa shape index (κ1) is 13.5. The second-order valence-electron chi connectivity index (χ2n) is 3.61. The molecule has 0 fully saturated rings. The molecule has 0 amide bonds. The minimum atomic E-state index is -0.358. The predicted octanol–water partition coefficient (Wildman–Crippen LogP) is 5.22. The van der Waals surface area contributed by atoms with Crippen LogP contribution in [0.4, 0.5) is 21.5 Å². The third-order valence-corrected chi connectivity index (χ3v) is 3.54. The number of hydrogen-bond donors (Lipinski definition) is 2. The molecule has 0 aromatic heterocycles. The summed E-state index contributed by atoms with van der Waals surface area (Å²) in [4.78, 5) is 0. The van der Waals surface area contributed by atoms with Gasteiger partial charge in [-0.1, -0.05) is 23.2 Å². The Morgan fingerprint density at radius 1 is 1.11 bits per heavy atom. The van der Waals surface area contributed by atoms with Crippen molar-refractivity contribution in [2.75, 3.05) is 11.1 Å². The summed E-state index contributed by atoms with van der Waals surface area (Å²) in [6, 6.07) is 7.43. The fourth-order valence-electron chi connectivity index (χ4n) is 1.44. The van der Waals surface area contributed by atoms with Crippen molar-refractivity contribution in [3.8, 4) is 0 Å². The zero-order valence-electron chi connectivity index (χ0n) is 8.98. The van der Waals surface area contributed by atoms with Crippen LogP contribution >= 0.6 is 39.1 Å². The Labute approximate surface area is 122 Å². The molecule has 0 unspecified atom stereocenters. The van der Waals surface area contributed by atoms with Gasteiger partial charge in [0.05, 0.1) is 21.4 Å². The summed E-state index contributed by atoms with van der Waals surface area (Å²) in [6.07, 6.45) is 0. The van der Waals surface area contributed by atoms with Crippen molar-refractivity contribution >= 4 is 56.2 Å². The lowest BCUT2D eigenvalue weighted by Gasteiger charge is -2.12. The summed E-state index contributed by atoms with van der Waals surface area (Å²) < 4.78 is 13.9. The highest BCUT2D eigenvalue weighted by molar-refractivity contribution is 9.10. The summed E-state index contributed by atoms with van der Waals surface area (Å²) in [5.74, 6) is -0.358. The Kier molecular flexibility index (Phi) is 4.00. The normalized spacial score (nSPS) is 10.4. The van der Waals surface area contributed by atoms with Gasteiger partial charge in [-0.05, 0) is 46.3 Å². The maximum atomic E-state index is 13.2. The molecule has 0 aliphatic rings. The topological polar surface area (TPSA) is 38.0 Å². The van der Waals surface area contributed by atoms with Gasteiger partial charge in [-0.2, -0.15) is 0 Å². The van der Waals surface area contributed by atoms with Gasteiger partial charge < -0.3 is 11.1 Å². The maximum Gasteiger partial charge on any atom is 0.125 e. The van der Waals surface area contributed by atoms with E-state index in [2.05, 4.69) is 21.2 Å². The SMILES string of the molecule is Nc1cc(Cl)c(Nc2cc(F)ccc2Br)c(Cl)c1. The minimum absolute atomic E-state index is 0.358. The van der Waals surface area contributed by atoms with Crippen LogP contribution in [0.15, 0.2) is 34.8 Å². The molecule has 0 heterocycles. The molecule has 0 bridgehead atoms. The van der Waals surface area contributed by atoms with Gasteiger partial charge in [-0.3, -0.25) is 0 Å². The molecule has 2 aromatic carbocycles. The predicted molar refractivity (Wildman–Crippen MR) is 78.3 cm³/mol. The molecular weight excluding hydrogens is 342 g/mol. The number of nitrogens with two attached hydrogens (primary N) is 1. The number of halogens is 4. The van der Waals surface area contributed by atoms with Gasteiger partial charge >= 0.3 is 0 Å². The van der Waals surface area contributed by atoms with E-state index in [0.717, 1.165) is 0 Å². The lowest BCUT2D eigenvalue weighted by Crippen LogP contribution is -1.96. The van der Waals surface area contributed by atoms with E-state index in [1.54, 1.807) is 18.2 Å². The van der Waals surface area contributed by atoms with E-state index in [-0.39, 0.29) is 5.82 Å². The lowest BCUT2D eigenvalue weighted by atomic mass is 10.2.